The highest BCUT2D eigenvalue weighted by Crippen LogP contribution is 2.24. The van der Waals surface area contributed by atoms with E-state index in [1.165, 1.54) is 16.8 Å². The van der Waals surface area contributed by atoms with Crippen LogP contribution in [0.4, 0.5) is 11.5 Å². The van der Waals surface area contributed by atoms with E-state index in [4.69, 9.17) is 0 Å². The van der Waals surface area contributed by atoms with E-state index in [1.54, 1.807) is 6.07 Å². The van der Waals surface area contributed by atoms with Gasteiger partial charge >= 0.3 is 0 Å². The summed E-state index contributed by atoms with van der Waals surface area (Å²) in [6.07, 6.45) is 0. The zero-order chi connectivity index (χ0) is 19.4. The van der Waals surface area contributed by atoms with E-state index in [-0.39, 0.29) is 5.91 Å². The van der Waals surface area contributed by atoms with Crippen LogP contribution < -0.4 is 15.1 Å². The number of nitrogens with one attached hydrogen (secondary N) is 1. The van der Waals surface area contributed by atoms with Crippen LogP contribution in [0.5, 0.6) is 0 Å². The second-order valence-corrected chi connectivity index (χ2v) is 7.57. The summed E-state index contributed by atoms with van der Waals surface area (Å²) in [5.74, 6) is 1.08. The number of hydrogen-bond donors (Lipinski definition) is 1. The summed E-state index contributed by atoms with van der Waals surface area (Å²) in [5, 5.41) is 11.3. The highest BCUT2D eigenvalue weighted by atomic mass is 16.1. The number of rotatable bonds is 5. The van der Waals surface area contributed by atoms with Crippen molar-refractivity contribution in [3.05, 3.63) is 47.2 Å². The molecule has 1 aliphatic heterocycles. The molecule has 0 bridgehead atoms. The van der Waals surface area contributed by atoms with Crippen LogP contribution in [0.1, 0.15) is 35.5 Å². The van der Waals surface area contributed by atoms with E-state index in [0.29, 0.717) is 18.2 Å². The van der Waals surface area contributed by atoms with Crippen LogP contribution in [0.2, 0.25) is 0 Å². The van der Waals surface area contributed by atoms with Gasteiger partial charge < -0.3 is 15.1 Å². The van der Waals surface area contributed by atoms with Gasteiger partial charge in [0.1, 0.15) is 0 Å². The molecule has 1 aromatic carbocycles. The molecule has 2 heterocycles. The third kappa shape index (κ3) is 4.56. The molecule has 1 aliphatic rings. The summed E-state index contributed by atoms with van der Waals surface area (Å²) < 4.78 is 0. The Kier molecular flexibility index (Phi) is 5.94. The van der Waals surface area contributed by atoms with E-state index in [2.05, 4.69) is 71.2 Å². The first kappa shape index (κ1) is 19.1. The van der Waals surface area contributed by atoms with Crippen molar-refractivity contribution in [2.24, 2.45) is 5.92 Å². The standard InChI is InChI=1S/C21H29N5O/c1-15(2)14-22-21(27)18-8-9-20(24-23-18)26-12-10-25(11-13-26)19-7-5-6-16(3)17(19)4/h5-9,15H,10-14H2,1-4H3,(H,22,27). The van der Waals surface area contributed by atoms with Crippen molar-refractivity contribution in [2.45, 2.75) is 27.7 Å². The monoisotopic (exact) mass is 367 g/mol. The molecule has 1 saturated heterocycles. The van der Waals surface area contributed by atoms with Gasteiger partial charge in [-0.05, 0) is 49.1 Å². The molecule has 27 heavy (non-hydrogen) atoms. The molecular weight excluding hydrogens is 338 g/mol. The van der Waals surface area contributed by atoms with Gasteiger partial charge in [-0.2, -0.15) is 0 Å². The maximum Gasteiger partial charge on any atom is 0.271 e. The van der Waals surface area contributed by atoms with Crippen LogP contribution in [0.15, 0.2) is 30.3 Å². The number of piperazine rings is 1. The maximum atomic E-state index is 12.1. The second-order valence-electron chi connectivity index (χ2n) is 7.57. The van der Waals surface area contributed by atoms with Crippen molar-refractivity contribution in [2.75, 3.05) is 42.5 Å². The summed E-state index contributed by atoms with van der Waals surface area (Å²) in [7, 11) is 0. The van der Waals surface area contributed by atoms with E-state index in [0.717, 1.165) is 32.0 Å². The minimum Gasteiger partial charge on any atom is -0.368 e. The fourth-order valence-corrected chi connectivity index (χ4v) is 3.26. The van der Waals surface area contributed by atoms with Crippen LogP contribution in [-0.2, 0) is 0 Å². The van der Waals surface area contributed by atoms with E-state index in [1.807, 2.05) is 6.07 Å². The van der Waals surface area contributed by atoms with Crippen LogP contribution in [0, 0.1) is 19.8 Å². The second kappa shape index (κ2) is 8.37. The zero-order valence-electron chi connectivity index (χ0n) is 16.7. The maximum absolute atomic E-state index is 12.1. The number of aryl methyl sites for hydroxylation is 1. The molecule has 3 rings (SSSR count). The highest BCUT2D eigenvalue weighted by molar-refractivity contribution is 5.92. The summed E-state index contributed by atoms with van der Waals surface area (Å²) in [6, 6.07) is 10.1. The fourth-order valence-electron chi connectivity index (χ4n) is 3.26. The molecule has 0 saturated carbocycles. The van der Waals surface area contributed by atoms with Gasteiger partial charge in [-0.15, -0.1) is 10.2 Å². The fraction of sp³-hybridized carbons (Fsp3) is 0.476. The molecule has 1 fully saturated rings. The number of amides is 1. The molecule has 6 nitrogen and oxygen atoms in total. The van der Waals surface area contributed by atoms with Gasteiger partial charge in [0, 0.05) is 38.4 Å². The smallest absolute Gasteiger partial charge is 0.271 e. The summed E-state index contributed by atoms with van der Waals surface area (Å²) in [4.78, 5) is 16.7. The lowest BCUT2D eigenvalue weighted by Gasteiger charge is -2.37. The Morgan fingerprint density at radius 1 is 1.04 bits per heavy atom. The lowest BCUT2D eigenvalue weighted by molar-refractivity contribution is 0.0943. The number of carbonyl (C=O) groups excluding carboxylic acids is 1. The predicted molar refractivity (Wildman–Crippen MR) is 110 cm³/mol. The number of benzene rings is 1. The number of anilines is 2. The number of carbonyl (C=O) groups is 1. The Balaban J connectivity index is 1.59. The Morgan fingerprint density at radius 3 is 2.37 bits per heavy atom. The molecule has 0 spiro atoms. The Morgan fingerprint density at radius 2 is 1.74 bits per heavy atom. The van der Waals surface area contributed by atoms with Crippen molar-refractivity contribution in [1.29, 1.82) is 0 Å². The number of hydrogen-bond acceptors (Lipinski definition) is 5. The molecular formula is C21H29N5O. The molecule has 0 unspecified atom stereocenters. The van der Waals surface area contributed by atoms with Crippen LogP contribution in [0.3, 0.4) is 0 Å². The van der Waals surface area contributed by atoms with Crippen molar-refractivity contribution >= 4 is 17.4 Å². The van der Waals surface area contributed by atoms with Gasteiger partial charge in [-0.1, -0.05) is 26.0 Å². The van der Waals surface area contributed by atoms with Crippen molar-refractivity contribution in [1.82, 2.24) is 15.5 Å². The highest BCUT2D eigenvalue weighted by Gasteiger charge is 2.20. The molecule has 1 aromatic heterocycles. The van der Waals surface area contributed by atoms with Gasteiger partial charge in [0.05, 0.1) is 0 Å². The average molecular weight is 367 g/mol. The lowest BCUT2D eigenvalue weighted by Crippen LogP contribution is -2.47. The lowest BCUT2D eigenvalue weighted by atomic mass is 10.1. The van der Waals surface area contributed by atoms with E-state index >= 15 is 0 Å². The topological polar surface area (TPSA) is 61.4 Å². The van der Waals surface area contributed by atoms with Crippen molar-refractivity contribution in [3.63, 3.8) is 0 Å². The number of aromatic nitrogens is 2. The first-order valence-corrected chi connectivity index (χ1v) is 9.63. The van der Waals surface area contributed by atoms with Crippen LogP contribution in [-0.4, -0.2) is 48.8 Å². The average Bonchev–Trinajstić information content (AvgIpc) is 2.68. The summed E-state index contributed by atoms with van der Waals surface area (Å²) in [6.45, 7) is 12.8. The van der Waals surface area contributed by atoms with Crippen LogP contribution in [0.25, 0.3) is 0 Å². The SMILES string of the molecule is Cc1cccc(N2CCN(c3ccc(C(=O)NCC(C)C)nn3)CC2)c1C. The molecule has 6 heteroatoms. The third-order valence-electron chi connectivity index (χ3n) is 5.07. The van der Waals surface area contributed by atoms with Crippen molar-refractivity contribution in [3.8, 4) is 0 Å². The molecule has 144 valence electrons. The minimum atomic E-state index is -0.164. The molecule has 0 radical (unpaired) electrons. The summed E-state index contributed by atoms with van der Waals surface area (Å²) in [5.41, 5.74) is 4.36. The first-order chi connectivity index (χ1) is 13.0. The molecule has 1 amide bonds. The summed E-state index contributed by atoms with van der Waals surface area (Å²) >= 11 is 0. The van der Waals surface area contributed by atoms with E-state index < -0.39 is 0 Å². The van der Waals surface area contributed by atoms with Crippen LogP contribution >= 0.6 is 0 Å². The van der Waals surface area contributed by atoms with Gasteiger partial charge in [0.15, 0.2) is 11.5 Å². The Hall–Kier alpha value is -2.63. The van der Waals surface area contributed by atoms with Gasteiger partial charge in [0.2, 0.25) is 0 Å². The molecule has 2 aromatic rings. The van der Waals surface area contributed by atoms with Gasteiger partial charge in [-0.3, -0.25) is 4.79 Å². The quantitative estimate of drug-likeness (QED) is 0.880. The molecule has 0 aliphatic carbocycles. The molecule has 0 atom stereocenters. The number of nitrogens with zero attached hydrogens (tertiary/aromatic N) is 4. The van der Waals surface area contributed by atoms with E-state index in [9.17, 15) is 4.79 Å². The minimum absolute atomic E-state index is 0.164. The van der Waals surface area contributed by atoms with Crippen molar-refractivity contribution < 1.29 is 4.79 Å². The molecule has 1 N–H and O–H groups in total. The van der Waals surface area contributed by atoms with Gasteiger partial charge in [0.25, 0.3) is 5.91 Å². The largest absolute Gasteiger partial charge is 0.368 e. The first-order valence-electron chi connectivity index (χ1n) is 9.63. The third-order valence-corrected chi connectivity index (χ3v) is 5.07. The normalized spacial score (nSPS) is 14.6. The Labute approximate surface area is 161 Å². The van der Waals surface area contributed by atoms with Gasteiger partial charge in [-0.25, -0.2) is 0 Å². The zero-order valence-corrected chi connectivity index (χ0v) is 16.7. The predicted octanol–water partition coefficient (Wildman–Crippen LogP) is 2.81. The Bertz CT molecular complexity index is 780.